The second-order valence-electron chi connectivity index (χ2n) is 3.75. The van der Waals surface area contributed by atoms with Gasteiger partial charge in [0.05, 0.1) is 0 Å². The van der Waals surface area contributed by atoms with Gasteiger partial charge in [-0.2, -0.15) is 0 Å². The molecule has 12 heavy (non-hydrogen) atoms. The van der Waals surface area contributed by atoms with Crippen LogP contribution in [0.3, 0.4) is 0 Å². The first-order valence-electron chi connectivity index (χ1n) is 4.61. The Labute approximate surface area is 73.4 Å². The lowest BCUT2D eigenvalue weighted by Gasteiger charge is -2.19. The zero-order valence-corrected chi connectivity index (χ0v) is 7.80. The highest BCUT2D eigenvalue weighted by Gasteiger charge is 2.20. The first-order chi connectivity index (χ1) is 5.70. The number of nitrogens with zero attached hydrogens (tertiary/aromatic N) is 1. The lowest BCUT2D eigenvalue weighted by atomic mass is 9.93. The molecule has 66 valence electrons. The van der Waals surface area contributed by atoms with Crippen molar-refractivity contribution in [2.75, 3.05) is 0 Å². The molecule has 2 nitrogen and oxygen atoms in total. The van der Waals surface area contributed by atoms with Gasteiger partial charge in [0.1, 0.15) is 0 Å². The summed E-state index contributed by atoms with van der Waals surface area (Å²) in [4.78, 5) is 0. The maximum atomic E-state index is 6.02. The van der Waals surface area contributed by atoms with Crippen LogP contribution in [0.5, 0.6) is 0 Å². The zero-order valence-electron chi connectivity index (χ0n) is 7.80. The van der Waals surface area contributed by atoms with Crippen LogP contribution in [0.15, 0.2) is 6.07 Å². The van der Waals surface area contributed by atoms with Crippen LogP contribution in [0.4, 0.5) is 0 Å². The van der Waals surface area contributed by atoms with E-state index in [0.717, 1.165) is 6.42 Å². The molecule has 1 aliphatic carbocycles. The van der Waals surface area contributed by atoms with Gasteiger partial charge in [0.25, 0.3) is 0 Å². The van der Waals surface area contributed by atoms with Gasteiger partial charge in [-0.25, -0.2) is 0 Å². The second kappa shape index (κ2) is 2.63. The summed E-state index contributed by atoms with van der Waals surface area (Å²) in [5.41, 5.74) is 10.2. The van der Waals surface area contributed by atoms with E-state index in [0.29, 0.717) is 0 Å². The van der Waals surface area contributed by atoms with Crippen molar-refractivity contribution in [2.45, 2.75) is 32.2 Å². The number of aryl methyl sites for hydroxylation is 1. The first kappa shape index (κ1) is 7.87. The van der Waals surface area contributed by atoms with Gasteiger partial charge in [0.15, 0.2) is 0 Å². The average Bonchev–Trinajstić information content (AvgIpc) is 2.32. The highest BCUT2D eigenvalue weighted by Crippen LogP contribution is 2.29. The first-order valence-corrected chi connectivity index (χ1v) is 4.61. The molecule has 1 aromatic rings. The third kappa shape index (κ3) is 0.985. The molecule has 1 atom stereocenters. The maximum Gasteiger partial charge on any atom is 0.0313 e. The van der Waals surface area contributed by atoms with E-state index in [1.54, 1.807) is 0 Å². The molecule has 1 heterocycles. The minimum absolute atomic E-state index is 0.286. The summed E-state index contributed by atoms with van der Waals surface area (Å²) in [6.07, 6.45) is 3.59. The van der Waals surface area contributed by atoms with Crippen LogP contribution in [0.2, 0.25) is 0 Å². The van der Waals surface area contributed by atoms with E-state index in [4.69, 9.17) is 5.73 Å². The van der Waals surface area contributed by atoms with Gasteiger partial charge in [0.2, 0.25) is 0 Å². The van der Waals surface area contributed by atoms with E-state index in [2.05, 4.69) is 24.6 Å². The smallest absolute Gasteiger partial charge is 0.0313 e. The number of hydrogen-bond acceptors (Lipinski definition) is 1. The Morgan fingerprint density at radius 3 is 3.00 bits per heavy atom. The van der Waals surface area contributed by atoms with E-state index in [1.165, 1.54) is 29.8 Å². The Morgan fingerprint density at radius 1 is 1.58 bits per heavy atom. The predicted octanol–water partition coefficient (Wildman–Crippen LogP) is 1.67. The molecule has 0 saturated heterocycles. The molecule has 1 aliphatic rings. The Bertz CT molecular complexity index is 299. The van der Waals surface area contributed by atoms with E-state index >= 15 is 0 Å². The number of nitrogens with two attached hydrogens (primary N) is 1. The molecular formula is C10H16N2. The Morgan fingerprint density at radius 2 is 2.33 bits per heavy atom. The fourth-order valence-corrected chi connectivity index (χ4v) is 2.09. The molecule has 0 radical (unpaired) electrons. The van der Waals surface area contributed by atoms with Gasteiger partial charge >= 0.3 is 0 Å². The number of hydrogen-bond donors (Lipinski definition) is 1. The largest absolute Gasteiger partial charge is 0.352 e. The zero-order chi connectivity index (χ0) is 8.72. The van der Waals surface area contributed by atoms with Crippen LogP contribution >= 0.6 is 0 Å². The molecule has 0 aromatic carbocycles. The van der Waals surface area contributed by atoms with Crippen molar-refractivity contribution in [1.82, 2.24) is 4.57 Å². The SMILES string of the molecule is Cc1cc2c(n1C)CCC[C@H]2N. The van der Waals surface area contributed by atoms with Crippen LogP contribution in [0, 0.1) is 6.92 Å². The van der Waals surface area contributed by atoms with Crippen LogP contribution in [0.1, 0.15) is 35.8 Å². The molecular weight excluding hydrogens is 148 g/mol. The summed E-state index contributed by atoms with van der Waals surface area (Å²) in [5.74, 6) is 0. The standard InChI is InChI=1S/C10H16N2/c1-7-6-8-9(11)4-3-5-10(8)12(7)2/h6,9H,3-5,11H2,1-2H3/t9-/m1/s1. The van der Waals surface area contributed by atoms with Gasteiger partial charge in [-0.3, -0.25) is 0 Å². The van der Waals surface area contributed by atoms with Crippen molar-refractivity contribution in [3.05, 3.63) is 23.0 Å². The van der Waals surface area contributed by atoms with Gasteiger partial charge in [0, 0.05) is 24.5 Å². The minimum atomic E-state index is 0.286. The van der Waals surface area contributed by atoms with Crippen molar-refractivity contribution in [2.24, 2.45) is 12.8 Å². The summed E-state index contributed by atoms with van der Waals surface area (Å²) in [6, 6.07) is 2.52. The predicted molar refractivity (Wildman–Crippen MR) is 50.0 cm³/mol. The summed E-state index contributed by atoms with van der Waals surface area (Å²) >= 11 is 0. The Balaban J connectivity index is 2.52. The summed E-state index contributed by atoms with van der Waals surface area (Å²) in [6.45, 7) is 2.14. The summed E-state index contributed by atoms with van der Waals surface area (Å²) < 4.78 is 2.27. The molecule has 0 unspecified atom stereocenters. The van der Waals surface area contributed by atoms with Gasteiger partial charge in [-0.15, -0.1) is 0 Å². The number of fused-ring (bicyclic) bond motifs is 1. The highest BCUT2D eigenvalue weighted by molar-refractivity contribution is 5.32. The van der Waals surface area contributed by atoms with Crippen molar-refractivity contribution >= 4 is 0 Å². The van der Waals surface area contributed by atoms with E-state index in [9.17, 15) is 0 Å². The molecule has 2 heteroatoms. The van der Waals surface area contributed by atoms with E-state index in [-0.39, 0.29) is 6.04 Å². The third-order valence-electron chi connectivity index (χ3n) is 2.96. The lowest BCUT2D eigenvalue weighted by Crippen LogP contribution is -2.17. The molecule has 2 rings (SSSR count). The monoisotopic (exact) mass is 164 g/mol. The van der Waals surface area contributed by atoms with Crippen molar-refractivity contribution < 1.29 is 0 Å². The number of aromatic nitrogens is 1. The van der Waals surface area contributed by atoms with Gasteiger partial charge in [-0.1, -0.05) is 0 Å². The number of rotatable bonds is 0. The molecule has 0 bridgehead atoms. The lowest BCUT2D eigenvalue weighted by molar-refractivity contribution is 0.553. The van der Waals surface area contributed by atoms with Crippen molar-refractivity contribution in [3.63, 3.8) is 0 Å². The molecule has 0 spiro atoms. The molecule has 0 amide bonds. The summed E-state index contributed by atoms with van der Waals surface area (Å²) in [7, 11) is 2.13. The molecule has 0 saturated carbocycles. The quantitative estimate of drug-likeness (QED) is 0.621. The van der Waals surface area contributed by atoms with Crippen molar-refractivity contribution in [3.8, 4) is 0 Å². The third-order valence-corrected chi connectivity index (χ3v) is 2.96. The normalized spacial score (nSPS) is 22.4. The molecule has 0 fully saturated rings. The van der Waals surface area contributed by atoms with E-state index < -0.39 is 0 Å². The van der Waals surface area contributed by atoms with Gasteiger partial charge < -0.3 is 10.3 Å². The average molecular weight is 164 g/mol. The molecule has 1 aromatic heterocycles. The van der Waals surface area contributed by atoms with Crippen molar-refractivity contribution in [1.29, 1.82) is 0 Å². The van der Waals surface area contributed by atoms with Crippen LogP contribution in [-0.2, 0) is 13.5 Å². The van der Waals surface area contributed by atoms with E-state index in [1.807, 2.05) is 0 Å². The summed E-state index contributed by atoms with van der Waals surface area (Å²) in [5, 5.41) is 0. The Hall–Kier alpha value is -0.760. The van der Waals surface area contributed by atoms with Crippen LogP contribution in [0.25, 0.3) is 0 Å². The molecule has 0 aliphatic heterocycles. The molecule has 2 N–H and O–H groups in total. The van der Waals surface area contributed by atoms with Crippen LogP contribution < -0.4 is 5.73 Å². The fourth-order valence-electron chi connectivity index (χ4n) is 2.09. The fraction of sp³-hybridized carbons (Fsp3) is 0.600. The Kier molecular flexibility index (Phi) is 1.72. The topological polar surface area (TPSA) is 30.9 Å². The highest BCUT2D eigenvalue weighted by atomic mass is 15.0. The van der Waals surface area contributed by atoms with Gasteiger partial charge in [-0.05, 0) is 37.8 Å². The second-order valence-corrected chi connectivity index (χ2v) is 3.75. The maximum absolute atomic E-state index is 6.02. The minimum Gasteiger partial charge on any atom is -0.352 e. The van der Waals surface area contributed by atoms with Crippen LogP contribution in [-0.4, -0.2) is 4.57 Å².